The van der Waals surface area contributed by atoms with E-state index in [0.29, 0.717) is 29.8 Å². The molecular formula is C19H24N5O5P. The normalized spacial score (nSPS) is 23.2. The number of nitrogens with two attached hydrogens (primary N) is 1. The Bertz CT molecular complexity index is 1050. The lowest BCUT2D eigenvalue weighted by Gasteiger charge is -2.44. The van der Waals surface area contributed by atoms with E-state index < -0.39 is 7.82 Å². The number of rotatable bonds is 9. The van der Waals surface area contributed by atoms with Crippen LogP contribution in [-0.2, 0) is 20.0 Å². The van der Waals surface area contributed by atoms with Crippen LogP contribution in [0.5, 0.6) is 0 Å². The van der Waals surface area contributed by atoms with Gasteiger partial charge >= 0.3 is 7.82 Å². The maximum absolute atomic E-state index is 12.2. The van der Waals surface area contributed by atoms with Crippen LogP contribution in [0.1, 0.15) is 18.0 Å². The molecule has 0 spiro atoms. The van der Waals surface area contributed by atoms with Crippen molar-refractivity contribution < 1.29 is 23.6 Å². The average molecular weight is 433 g/mol. The lowest BCUT2D eigenvalue weighted by molar-refractivity contribution is -0.00796. The molecule has 1 aromatic carbocycles. The molecule has 1 aliphatic carbocycles. The number of imidazole rings is 1. The first-order valence-corrected chi connectivity index (χ1v) is 11.2. The van der Waals surface area contributed by atoms with Crippen molar-refractivity contribution in [2.24, 2.45) is 11.8 Å². The van der Waals surface area contributed by atoms with Crippen LogP contribution in [0.3, 0.4) is 0 Å². The highest BCUT2D eigenvalue weighted by molar-refractivity contribution is 7.47. The van der Waals surface area contributed by atoms with E-state index in [1.807, 2.05) is 34.9 Å². The van der Waals surface area contributed by atoms with Crippen LogP contribution in [0.15, 0.2) is 43.0 Å². The van der Waals surface area contributed by atoms with Crippen molar-refractivity contribution in [3.05, 3.63) is 48.5 Å². The second kappa shape index (κ2) is 8.79. The van der Waals surface area contributed by atoms with Gasteiger partial charge < -0.3 is 20.3 Å². The number of hydrogen-bond acceptors (Lipinski definition) is 8. The predicted octanol–water partition coefficient (Wildman–Crippen LogP) is 1.95. The lowest BCUT2D eigenvalue weighted by atomic mass is 9.70. The molecule has 1 fully saturated rings. The summed E-state index contributed by atoms with van der Waals surface area (Å²) >= 11 is 0. The van der Waals surface area contributed by atoms with Gasteiger partial charge in [-0.15, -0.1) is 0 Å². The second-order valence-corrected chi connectivity index (χ2v) is 8.78. The number of fused-ring (bicyclic) bond motifs is 1. The fourth-order valence-corrected chi connectivity index (χ4v) is 4.60. The van der Waals surface area contributed by atoms with Crippen LogP contribution in [0, 0.1) is 11.8 Å². The molecule has 2 heterocycles. The quantitative estimate of drug-likeness (QED) is 0.431. The number of anilines is 1. The van der Waals surface area contributed by atoms with Gasteiger partial charge in [0.1, 0.15) is 11.8 Å². The van der Waals surface area contributed by atoms with Crippen molar-refractivity contribution in [2.45, 2.75) is 18.9 Å². The van der Waals surface area contributed by atoms with Crippen LogP contribution < -0.4 is 5.73 Å². The molecule has 160 valence electrons. The van der Waals surface area contributed by atoms with Crippen LogP contribution in [-0.4, -0.2) is 49.3 Å². The molecule has 0 saturated heterocycles. The zero-order valence-corrected chi connectivity index (χ0v) is 17.1. The van der Waals surface area contributed by atoms with Crippen LogP contribution in [0.2, 0.25) is 0 Å². The summed E-state index contributed by atoms with van der Waals surface area (Å²) < 4.78 is 24.3. The zero-order chi connectivity index (χ0) is 21.1. The molecule has 0 bridgehead atoms. The van der Waals surface area contributed by atoms with Crippen molar-refractivity contribution in [3.63, 3.8) is 0 Å². The molecule has 3 aromatic rings. The molecule has 0 aliphatic heterocycles. The van der Waals surface area contributed by atoms with Crippen LogP contribution in [0.4, 0.5) is 5.82 Å². The van der Waals surface area contributed by atoms with Crippen molar-refractivity contribution in [1.82, 2.24) is 19.5 Å². The van der Waals surface area contributed by atoms with Crippen LogP contribution in [0.25, 0.3) is 11.2 Å². The molecular weight excluding hydrogens is 409 g/mol. The number of benzene rings is 1. The number of nitrogens with zero attached hydrogens (tertiary/aromatic N) is 4. The van der Waals surface area contributed by atoms with E-state index in [1.165, 1.54) is 6.33 Å². The summed E-state index contributed by atoms with van der Waals surface area (Å²) in [5.74, 6) is 0.0464. The smallest absolute Gasteiger partial charge is 0.396 e. The second-order valence-electron chi connectivity index (χ2n) is 7.33. The molecule has 2 aromatic heterocycles. The highest BCUT2D eigenvalue weighted by Crippen LogP contribution is 2.49. The standard InChI is InChI=1S/C19H24N5O5P/c20-18-17-19(22-11-21-18)24(12-23-17)16-8-14(15(16)9-25)10-29-30(26,27)28-7-6-13-4-2-1-3-5-13/h1-5,11-12,14-16,25H,6-10H2,(H,26,27)(H2,20,21,22)/t14-,15-,16-/m1/s1. The van der Waals surface area contributed by atoms with Crippen molar-refractivity contribution in [1.29, 1.82) is 0 Å². The highest BCUT2D eigenvalue weighted by Gasteiger charge is 2.43. The minimum absolute atomic E-state index is 0.0184. The molecule has 10 nitrogen and oxygen atoms in total. The van der Waals surface area contributed by atoms with Crippen molar-refractivity contribution in [3.8, 4) is 0 Å². The van der Waals surface area contributed by atoms with Gasteiger partial charge in [0.05, 0.1) is 19.5 Å². The Kier molecular flexibility index (Phi) is 6.12. The molecule has 4 atom stereocenters. The Balaban J connectivity index is 1.31. The monoisotopic (exact) mass is 433 g/mol. The van der Waals surface area contributed by atoms with E-state index in [9.17, 15) is 14.6 Å². The van der Waals surface area contributed by atoms with Crippen molar-refractivity contribution in [2.75, 3.05) is 25.6 Å². The molecule has 0 amide bonds. The highest BCUT2D eigenvalue weighted by atomic mass is 31.2. The van der Waals surface area contributed by atoms with Crippen molar-refractivity contribution >= 4 is 24.8 Å². The number of hydrogen-bond donors (Lipinski definition) is 3. The lowest BCUT2D eigenvalue weighted by Crippen LogP contribution is -2.42. The third kappa shape index (κ3) is 4.38. The maximum Gasteiger partial charge on any atom is 0.472 e. The molecule has 30 heavy (non-hydrogen) atoms. The Morgan fingerprint density at radius 1 is 1.20 bits per heavy atom. The minimum Gasteiger partial charge on any atom is -0.396 e. The largest absolute Gasteiger partial charge is 0.472 e. The Hall–Kier alpha value is -2.36. The number of phosphoric ester groups is 1. The maximum atomic E-state index is 12.2. The summed E-state index contributed by atoms with van der Waals surface area (Å²) in [6, 6.07) is 9.49. The number of phosphoric acid groups is 1. The molecule has 0 radical (unpaired) electrons. The molecule has 1 unspecified atom stereocenters. The first-order valence-electron chi connectivity index (χ1n) is 9.68. The number of nitrogen functional groups attached to an aromatic ring is 1. The summed E-state index contributed by atoms with van der Waals surface area (Å²) in [6.45, 7) is 0.00475. The SMILES string of the molecule is Nc1ncnc2c1ncn2[C@@H]1C[C@H](COP(=O)(O)OCCc2ccccc2)[C@H]1CO. The number of aromatic nitrogens is 4. The topological polar surface area (TPSA) is 146 Å². The Morgan fingerprint density at radius 3 is 2.77 bits per heavy atom. The fourth-order valence-electron chi connectivity index (χ4n) is 3.82. The molecule has 4 rings (SSSR count). The van der Waals surface area contributed by atoms with Gasteiger partial charge in [0.2, 0.25) is 0 Å². The van der Waals surface area contributed by atoms with Gasteiger partial charge in [-0.1, -0.05) is 30.3 Å². The summed E-state index contributed by atoms with van der Waals surface area (Å²) in [7, 11) is -4.16. The third-order valence-electron chi connectivity index (χ3n) is 5.54. The van der Waals surface area contributed by atoms with Gasteiger partial charge in [-0.05, 0) is 24.3 Å². The van der Waals surface area contributed by atoms with E-state index in [-0.39, 0.29) is 37.7 Å². The van der Waals surface area contributed by atoms with E-state index in [1.54, 1.807) is 6.33 Å². The van der Waals surface area contributed by atoms with Gasteiger partial charge in [-0.3, -0.25) is 9.05 Å². The van der Waals surface area contributed by atoms with Gasteiger partial charge in [-0.25, -0.2) is 19.5 Å². The van der Waals surface area contributed by atoms with Gasteiger partial charge in [0.15, 0.2) is 11.5 Å². The Morgan fingerprint density at radius 2 is 2.00 bits per heavy atom. The van der Waals surface area contributed by atoms with E-state index in [0.717, 1.165) is 5.56 Å². The fraction of sp³-hybridized carbons (Fsp3) is 0.421. The number of aliphatic hydroxyl groups excluding tert-OH is 1. The summed E-state index contributed by atoms with van der Waals surface area (Å²) in [5, 5.41) is 9.84. The first kappa shape index (κ1) is 20.9. The van der Waals surface area contributed by atoms with E-state index in [2.05, 4.69) is 15.0 Å². The van der Waals surface area contributed by atoms with E-state index >= 15 is 0 Å². The van der Waals surface area contributed by atoms with Gasteiger partial charge in [0, 0.05) is 18.6 Å². The first-order chi connectivity index (χ1) is 14.5. The van der Waals surface area contributed by atoms with Gasteiger partial charge in [-0.2, -0.15) is 0 Å². The molecule has 1 saturated carbocycles. The predicted molar refractivity (Wildman–Crippen MR) is 109 cm³/mol. The average Bonchev–Trinajstić information content (AvgIpc) is 3.13. The summed E-state index contributed by atoms with van der Waals surface area (Å²) in [5.41, 5.74) is 7.95. The zero-order valence-electron chi connectivity index (χ0n) is 16.2. The van der Waals surface area contributed by atoms with Crippen LogP contribution >= 0.6 is 7.82 Å². The summed E-state index contributed by atoms with van der Waals surface area (Å²) in [4.78, 5) is 22.4. The molecule has 11 heteroatoms. The third-order valence-corrected chi connectivity index (χ3v) is 6.52. The number of aliphatic hydroxyl groups is 1. The summed E-state index contributed by atoms with van der Waals surface area (Å²) in [6.07, 6.45) is 4.16. The van der Waals surface area contributed by atoms with E-state index in [4.69, 9.17) is 14.8 Å². The minimum atomic E-state index is -4.16. The molecule has 1 aliphatic rings. The van der Waals surface area contributed by atoms with Gasteiger partial charge in [0.25, 0.3) is 0 Å². The Labute approximate surface area is 173 Å². The molecule has 4 N–H and O–H groups in total.